The summed E-state index contributed by atoms with van der Waals surface area (Å²) in [7, 11) is 0. The lowest BCUT2D eigenvalue weighted by Crippen LogP contribution is -2.48. The fourth-order valence-corrected chi connectivity index (χ4v) is 2.33. The minimum Gasteiger partial charge on any atom is -0.372 e. The van der Waals surface area contributed by atoms with Crippen molar-refractivity contribution in [2.75, 3.05) is 31.1 Å². The molecule has 1 aromatic heterocycles. The van der Waals surface area contributed by atoms with Crippen LogP contribution in [0.1, 0.15) is 32.8 Å². The zero-order valence-electron chi connectivity index (χ0n) is 12.3. The number of anilines is 1. The highest BCUT2D eigenvalue weighted by Crippen LogP contribution is 2.21. The first kappa shape index (κ1) is 14.3. The van der Waals surface area contributed by atoms with Crippen LogP contribution < -0.4 is 10.2 Å². The number of pyridine rings is 1. The average Bonchev–Trinajstić information content (AvgIpc) is 2.39. The molecule has 0 amide bonds. The van der Waals surface area contributed by atoms with Gasteiger partial charge in [0.05, 0.1) is 12.2 Å². The highest BCUT2D eigenvalue weighted by atomic mass is 16.5. The van der Waals surface area contributed by atoms with Crippen molar-refractivity contribution in [3.8, 4) is 0 Å². The molecule has 0 atom stereocenters. The van der Waals surface area contributed by atoms with Crippen molar-refractivity contribution in [1.82, 2.24) is 10.3 Å². The van der Waals surface area contributed by atoms with Crippen LogP contribution in [0, 0.1) is 0 Å². The van der Waals surface area contributed by atoms with Crippen LogP contribution in [0.25, 0.3) is 0 Å². The summed E-state index contributed by atoms with van der Waals surface area (Å²) in [5.74, 6) is 1.05. The van der Waals surface area contributed by atoms with Gasteiger partial charge in [0.25, 0.3) is 0 Å². The third kappa shape index (κ3) is 4.18. The predicted octanol–water partition coefficient (Wildman–Crippen LogP) is 2.20. The third-order valence-corrected chi connectivity index (χ3v) is 3.31. The molecular formula is C15H25N3O. The highest BCUT2D eigenvalue weighted by Gasteiger charge is 2.27. The van der Waals surface area contributed by atoms with Crippen LogP contribution in [0.2, 0.25) is 0 Å². The number of rotatable bonds is 5. The van der Waals surface area contributed by atoms with Gasteiger partial charge in [-0.2, -0.15) is 0 Å². The van der Waals surface area contributed by atoms with Crippen molar-refractivity contribution in [2.45, 2.75) is 39.3 Å². The lowest BCUT2D eigenvalue weighted by Gasteiger charge is -2.38. The quantitative estimate of drug-likeness (QED) is 0.826. The van der Waals surface area contributed by atoms with Crippen LogP contribution in [0.3, 0.4) is 0 Å². The molecule has 0 aromatic carbocycles. The van der Waals surface area contributed by atoms with Gasteiger partial charge in [-0.15, -0.1) is 0 Å². The second-order valence-corrected chi connectivity index (χ2v) is 5.73. The van der Waals surface area contributed by atoms with E-state index < -0.39 is 0 Å². The van der Waals surface area contributed by atoms with Crippen LogP contribution in [0.4, 0.5) is 5.82 Å². The van der Waals surface area contributed by atoms with E-state index in [0.717, 1.165) is 45.0 Å². The molecule has 1 aromatic rings. The standard InChI is InChI=1S/C15H25N3O/c1-4-7-16-10-13-5-6-14(17-11-13)18-8-9-19-15(2,3)12-18/h5-6,11,16H,4,7-10,12H2,1-3H3. The monoisotopic (exact) mass is 263 g/mol. The highest BCUT2D eigenvalue weighted by molar-refractivity contribution is 5.40. The molecule has 1 fully saturated rings. The van der Waals surface area contributed by atoms with Crippen molar-refractivity contribution >= 4 is 5.82 Å². The van der Waals surface area contributed by atoms with Gasteiger partial charge in [0.1, 0.15) is 5.82 Å². The van der Waals surface area contributed by atoms with Crippen LogP contribution in [0.5, 0.6) is 0 Å². The molecule has 0 aliphatic carbocycles. The molecule has 0 unspecified atom stereocenters. The van der Waals surface area contributed by atoms with Crippen LogP contribution >= 0.6 is 0 Å². The van der Waals surface area contributed by atoms with Crippen molar-refractivity contribution in [2.24, 2.45) is 0 Å². The predicted molar refractivity (Wildman–Crippen MR) is 78.5 cm³/mol. The molecule has 0 spiro atoms. The van der Waals surface area contributed by atoms with E-state index in [-0.39, 0.29) is 5.60 Å². The Balaban J connectivity index is 1.94. The zero-order valence-corrected chi connectivity index (χ0v) is 12.3. The topological polar surface area (TPSA) is 37.4 Å². The number of ether oxygens (including phenoxy) is 1. The molecule has 2 heterocycles. The normalized spacial score (nSPS) is 18.6. The summed E-state index contributed by atoms with van der Waals surface area (Å²) in [5, 5.41) is 3.39. The lowest BCUT2D eigenvalue weighted by atomic mass is 10.1. The molecule has 1 saturated heterocycles. The molecule has 1 aliphatic rings. The Morgan fingerprint density at radius 1 is 1.42 bits per heavy atom. The van der Waals surface area contributed by atoms with E-state index in [1.54, 1.807) is 0 Å². The van der Waals surface area contributed by atoms with Crippen molar-refractivity contribution < 1.29 is 4.74 Å². The minimum atomic E-state index is -0.0821. The van der Waals surface area contributed by atoms with E-state index in [1.807, 2.05) is 6.20 Å². The van der Waals surface area contributed by atoms with Crippen LogP contribution in [0.15, 0.2) is 18.3 Å². The van der Waals surface area contributed by atoms with Gasteiger partial charge in [0, 0.05) is 25.8 Å². The molecule has 2 rings (SSSR count). The first-order valence-electron chi connectivity index (χ1n) is 7.15. The second kappa shape index (κ2) is 6.35. The Morgan fingerprint density at radius 2 is 2.26 bits per heavy atom. The van der Waals surface area contributed by atoms with Crippen LogP contribution in [-0.2, 0) is 11.3 Å². The van der Waals surface area contributed by atoms with Crippen molar-refractivity contribution in [1.29, 1.82) is 0 Å². The van der Waals surface area contributed by atoms with E-state index in [2.05, 4.69) is 48.1 Å². The zero-order chi connectivity index (χ0) is 13.7. The van der Waals surface area contributed by atoms with E-state index in [0.29, 0.717) is 0 Å². The Labute approximate surface area is 116 Å². The third-order valence-electron chi connectivity index (χ3n) is 3.31. The number of morpholine rings is 1. The Morgan fingerprint density at radius 3 is 2.89 bits per heavy atom. The van der Waals surface area contributed by atoms with Crippen LogP contribution in [-0.4, -0.2) is 36.8 Å². The van der Waals surface area contributed by atoms with Gasteiger partial charge in [-0.25, -0.2) is 4.98 Å². The number of hydrogen-bond donors (Lipinski definition) is 1. The molecule has 4 nitrogen and oxygen atoms in total. The van der Waals surface area contributed by atoms with E-state index in [9.17, 15) is 0 Å². The van der Waals surface area contributed by atoms with E-state index in [4.69, 9.17) is 4.74 Å². The summed E-state index contributed by atoms with van der Waals surface area (Å²) in [6.07, 6.45) is 3.13. The molecule has 0 saturated carbocycles. The van der Waals surface area contributed by atoms with Gasteiger partial charge in [0.15, 0.2) is 0 Å². The Bertz CT molecular complexity index is 389. The molecule has 4 heteroatoms. The molecule has 0 radical (unpaired) electrons. The van der Waals surface area contributed by atoms with Crippen molar-refractivity contribution in [3.63, 3.8) is 0 Å². The van der Waals surface area contributed by atoms with Gasteiger partial charge in [-0.05, 0) is 38.4 Å². The maximum absolute atomic E-state index is 5.73. The fraction of sp³-hybridized carbons (Fsp3) is 0.667. The van der Waals surface area contributed by atoms with Gasteiger partial charge in [0.2, 0.25) is 0 Å². The summed E-state index contributed by atoms with van der Waals surface area (Å²) in [4.78, 5) is 6.88. The Hall–Kier alpha value is -1.13. The second-order valence-electron chi connectivity index (χ2n) is 5.73. The fourth-order valence-electron chi connectivity index (χ4n) is 2.33. The molecular weight excluding hydrogens is 238 g/mol. The number of aromatic nitrogens is 1. The van der Waals surface area contributed by atoms with Gasteiger partial charge in [-0.3, -0.25) is 0 Å². The van der Waals surface area contributed by atoms with E-state index in [1.165, 1.54) is 5.56 Å². The molecule has 106 valence electrons. The first-order chi connectivity index (χ1) is 9.11. The van der Waals surface area contributed by atoms with E-state index >= 15 is 0 Å². The summed E-state index contributed by atoms with van der Waals surface area (Å²) in [6.45, 7) is 11.0. The largest absolute Gasteiger partial charge is 0.372 e. The summed E-state index contributed by atoms with van der Waals surface area (Å²) >= 11 is 0. The summed E-state index contributed by atoms with van der Waals surface area (Å²) in [5.41, 5.74) is 1.16. The maximum Gasteiger partial charge on any atom is 0.128 e. The smallest absolute Gasteiger partial charge is 0.128 e. The van der Waals surface area contributed by atoms with Gasteiger partial charge < -0.3 is 15.0 Å². The molecule has 1 aliphatic heterocycles. The summed E-state index contributed by atoms with van der Waals surface area (Å²) < 4.78 is 5.73. The molecule has 0 bridgehead atoms. The number of nitrogens with zero attached hydrogens (tertiary/aromatic N) is 2. The van der Waals surface area contributed by atoms with Gasteiger partial charge in [-0.1, -0.05) is 13.0 Å². The molecule has 1 N–H and O–H groups in total. The number of nitrogens with one attached hydrogen (secondary N) is 1. The van der Waals surface area contributed by atoms with Crippen molar-refractivity contribution in [3.05, 3.63) is 23.9 Å². The lowest BCUT2D eigenvalue weighted by molar-refractivity contribution is -0.0279. The average molecular weight is 263 g/mol. The maximum atomic E-state index is 5.73. The minimum absolute atomic E-state index is 0.0821. The Kier molecular flexibility index (Phi) is 4.77. The number of hydrogen-bond acceptors (Lipinski definition) is 4. The molecule has 19 heavy (non-hydrogen) atoms. The SMILES string of the molecule is CCCNCc1ccc(N2CCOC(C)(C)C2)nc1. The van der Waals surface area contributed by atoms with Gasteiger partial charge >= 0.3 is 0 Å². The first-order valence-corrected chi connectivity index (χ1v) is 7.15. The summed E-state index contributed by atoms with van der Waals surface area (Å²) in [6, 6.07) is 4.28.